The van der Waals surface area contributed by atoms with Crippen LogP contribution in [0.15, 0.2) is 18.5 Å². The van der Waals surface area contributed by atoms with Crippen LogP contribution in [0.25, 0.3) is 0 Å². The highest BCUT2D eigenvalue weighted by Gasteiger charge is 2.35. The van der Waals surface area contributed by atoms with E-state index < -0.39 is 10.0 Å². The lowest BCUT2D eigenvalue weighted by molar-refractivity contribution is 0.220. The molecule has 0 aliphatic carbocycles. The lowest BCUT2D eigenvalue weighted by Crippen LogP contribution is -2.49. The fraction of sp³-hybridized carbons (Fsp3) is 0.733. The summed E-state index contributed by atoms with van der Waals surface area (Å²) in [5.74, 6) is 1.35. The maximum Gasteiger partial charge on any atom is 0.225 e. The average Bonchev–Trinajstić information content (AvgIpc) is 2.55. The minimum Gasteiger partial charge on any atom is -0.338 e. The highest BCUT2D eigenvalue weighted by molar-refractivity contribution is 7.88. The quantitative estimate of drug-likeness (QED) is 0.843. The van der Waals surface area contributed by atoms with Crippen LogP contribution in [0.2, 0.25) is 0 Å². The summed E-state index contributed by atoms with van der Waals surface area (Å²) in [7, 11) is -3.05. The second kappa shape index (κ2) is 6.50. The molecule has 7 heteroatoms. The van der Waals surface area contributed by atoms with Crippen molar-refractivity contribution in [1.29, 1.82) is 0 Å². The highest BCUT2D eigenvalue weighted by Crippen LogP contribution is 2.32. The molecular weight excluding hydrogens is 300 g/mol. The Morgan fingerprint density at radius 3 is 2.36 bits per heavy atom. The van der Waals surface area contributed by atoms with Gasteiger partial charge in [-0.15, -0.1) is 0 Å². The summed E-state index contributed by atoms with van der Waals surface area (Å²) < 4.78 is 24.9. The number of anilines is 1. The molecule has 2 aliphatic heterocycles. The smallest absolute Gasteiger partial charge is 0.225 e. The lowest BCUT2D eigenvalue weighted by atomic mass is 9.84. The Hall–Kier alpha value is -1.21. The van der Waals surface area contributed by atoms with E-state index in [1.807, 2.05) is 6.07 Å². The molecule has 3 rings (SSSR count). The Kier molecular flexibility index (Phi) is 4.63. The standard InChI is InChI=1S/C15H24N4O2S/c1-22(20,21)18-11-6-13(7-12-18)14-5-2-3-10-19(14)15-16-8-4-9-17-15/h4,8-9,13-14H,2-3,5-7,10-12H2,1H3. The van der Waals surface area contributed by atoms with Crippen molar-refractivity contribution in [2.45, 2.75) is 38.1 Å². The molecule has 1 aromatic rings. The zero-order valence-electron chi connectivity index (χ0n) is 13.1. The monoisotopic (exact) mass is 324 g/mol. The van der Waals surface area contributed by atoms with E-state index in [0.717, 1.165) is 31.8 Å². The number of aromatic nitrogens is 2. The van der Waals surface area contributed by atoms with E-state index in [9.17, 15) is 8.42 Å². The highest BCUT2D eigenvalue weighted by atomic mass is 32.2. The SMILES string of the molecule is CS(=O)(=O)N1CCC(C2CCCCN2c2ncccn2)CC1. The lowest BCUT2D eigenvalue weighted by Gasteiger charge is -2.43. The van der Waals surface area contributed by atoms with Gasteiger partial charge >= 0.3 is 0 Å². The van der Waals surface area contributed by atoms with Crippen LogP contribution in [0.5, 0.6) is 0 Å². The first kappa shape index (κ1) is 15.7. The number of nitrogens with zero attached hydrogens (tertiary/aromatic N) is 4. The second-order valence-corrected chi connectivity index (χ2v) is 8.29. The summed E-state index contributed by atoms with van der Waals surface area (Å²) in [4.78, 5) is 11.2. The fourth-order valence-corrected chi connectivity index (χ4v) is 4.60. The molecule has 122 valence electrons. The summed E-state index contributed by atoms with van der Waals surface area (Å²) in [5.41, 5.74) is 0. The fourth-order valence-electron chi connectivity index (χ4n) is 3.73. The molecule has 1 unspecified atom stereocenters. The van der Waals surface area contributed by atoms with Gasteiger partial charge in [-0.1, -0.05) is 0 Å². The summed E-state index contributed by atoms with van der Waals surface area (Å²) in [6.07, 6.45) is 10.3. The van der Waals surface area contributed by atoms with Crippen LogP contribution in [0.1, 0.15) is 32.1 Å². The largest absolute Gasteiger partial charge is 0.338 e. The Morgan fingerprint density at radius 2 is 1.73 bits per heavy atom. The van der Waals surface area contributed by atoms with Crippen LogP contribution in [0.4, 0.5) is 5.95 Å². The van der Waals surface area contributed by atoms with Crippen molar-refractivity contribution in [2.24, 2.45) is 5.92 Å². The van der Waals surface area contributed by atoms with E-state index in [4.69, 9.17) is 0 Å². The second-order valence-electron chi connectivity index (χ2n) is 6.30. The molecule has 1 aromatic heterocycles. The first-order valence-corrected chi connectivity index (χ1v) is 9.89. The Morgan fingerprint density at radius 1 is 1.05 bits per heavy atom. The van der Waals surface area contributed by atoms with Gasteiger partial charge in [0, 0.05) is 38.1 Å². The van der Waals surface area contributed by atoms with Gasteiger partial charge in [0.15, 0.2) is 0 Å². The van der Waals surface area contributed by atoms with Gasteiger partial charge in [-0.3, -0.25) is 0 Å². The molecule has 6 nitrogen and oxygen atoms in total. The predicted octanol–water partition coefficient (Wildman–Crippen LogP) is 1.51. The molecule has 3 heterocycles. The van der Waals surface area contributed by atoms with E-state index in [-0.39, 0.29) is 0 Å². The molecule has 22 heavy (non-hydrogen) atoms. The molecule has 0 bridgehead atoms. The van der Waals surface area contributed by atoms with Crippen molar-refractivity contribution >= 4 is 16.0 Å². The van der Waals surface area contributed by atoms with Gasteiger partial charge in [0.2, 0.25) is 16.0 Å². The van der Waals surface area contributed by atoms with Gasteiger partial charge in [0.05, 0.1) is 6.26 Å². The molecule has 1 atom stereocenters. The summed E-state index contributed by atoms with van der Waals surface area (Å²) >= 11 is 0. The molecule has 2 fully saturated rings. The van der Waals surface area contributed by atoms with Gasteiger partial charge in [-0.05, 0) is 44.1 Å². The van der Waals surface area contributed by atoms with Crippen LogP contribution < -0.4 is 4.90 Å². The summed E-state index contributed by atoms with van der Waals surface area (Å²) in [6, 6.07) is 2.28. The molecule has 0 aromatic carbocycles. The first-order valence-electron chi connectivity index (χ1n) is 8.04. The molecule has 2 aliphatic rings. The third-order valence-electron chi connectivity index (χ3n) is 4.87. The van der Waals surface area contributed by atoms with E-state index >= 15 is 0 Å². The number of sulfonamides is 1. The maximum absolute atomic E-state index is 11.7. The molecule has 0 spiro atoms. The maximum atomic E-state index is 11.7. The average molecular weight is 324 g/mol. The summed E-state index contributed by atoms with van der Waals surface area (Å²) in [6.45, 7) is 2.29. The Labute approximate surface area is 132 Å². The van der Waals surface area contributed by atoms with Gasteiger partial charge in [0.25, 0.3) is 0 Å². The van der Waals surface area contributed by atoms with Gasteiger partial charge in [0.1, 0.15) is 0 Å². The number of hydrogen-bond donors (Lipinski definition) is 0. The van der Waals surface area contributed by atoms with E-state index in [2.05, 4.69) is 14.9 Å². The zero-order valence-corrected chi connectivity index (χ0v) is 13.9. The molecule has 0 N–H and O–H groups in total. The molecule has 0 amide bonds. The van der Waals surface area contributed by atoms with Crippen molar-refractivity contribution in [3.8, 4) is 0 Å². The van der Waals surface area contributed by atoms with E-state index in [0.29, 0.717) is 25.0 Å². The van der Waals surface area contributed by atoms with Crippen molar-refractivity contribution < 1.29 is 8.42 Å². The number of hydrogen-bond acceptors (Lipinski definition) is 5. The minimum atomic E-state index is -3.05. The van der Waals surface area contributed by atoms with Crippen LogP contribution >= 0.6 is 0 Å². The normalized spacial score (nSPS) is 25.3. The van der Waals surface area contributed by atoms with Crippen LogP contribution in [-0.4, -0.2) is 54.6 Å². The zero-order chi connectivity index (χ0) is 15.6. The Balaban J connectivity index is 1.70. The van der Waals surface area contributed by atoms with Crippen molar-refractivity contribution in [3.63, 3.8) is 0 Å². The number of piperidine rings is 2. The van der Waals surface area contributed by atoms with Gasteiger partial charge in [-0.2, -0.15) is 0 Å². The van der Waals surface area contributed by atoms with Crippen molar-refractivity contribution in [3.05, 3.63) is 18.5 Å². The topological polar surface area (TPSA) is 66.4 Å². The van der Waals surface area contributed by atoms with Crippen LogP contribution in [0.3, 0.4) is 0 Å². The first-order chi connectivity index (χ1) is 10.6. The van der Waals surface area contributed by atoms with Crippen LogP contribution in [0, 0.1) is 5.92 Å². The molecule has 0 saturated carbocycles. The van der Waals surface area contributed by atoms with Crippen molar-refractivity contribution in [2.75, 3.05) is 30.8 Å². The van der Waals surface area contributed by atoms with Gasteiger partial charge in [-0.25, -0.2) is 22.7 Å². The van der Waals surface area contributed by atoms with Crippen LogP contribution in [-0.2, 0) is 10.0 Å². The minimum absolute atomic E-state index is 0.442. The summed E-state index contributed by atoms with van der Waals surface area (Å²) in [5, 5.41) is 0. The predicted molar refractivity (Wildman–Crippen MR) is 86.2 cm³/mol. The van der Waals surface area contributed by atoms with E-state index in [1.54, 1.807) is 16.7 Å². The molecule has 0 radical (unpaired) electrons. The number of rotatable bonds is 3. The molecule has 2 saturated heterocycles. The van der Waals surface area contributed by atoms with Gasteiger partial charge < -0.3 is 4.90 Å². The Bertz CT molecular complexity index is 585. The third kappa shape index (κ3) is 3.41. The van der Waals surface area contributed by atoms with E-state index in [1.165, 1.54) is 19.1 Å². The molecular formula is C15H24N4O2S. The van der Waals surface area contributed by atoms with Crippen molar-refractivity contribution in [1.82, 2.24) is 14.3 Å². The third-order valence-corrected chi connectivity index (χ3v) is 6.17.